The molecule has 0 unspecified atom stereocenters. The minimum absolute atomic E-state index is 0.0864. The standard InChI is InChI=1S/C34H34N6/c1-23-31(25-11-3-5-13-27(25)37-23)33(29-15-7-9-17-35-29)39-19-21-40(22-20-39)34(30-16-8-10-18-36-30)32-24(2)38-28-14-6-4-12-26(28)32/h3-18,31,33-34,38H,19-22H2,1-2H3/t31-,33+,34-/m0/s1. The van der Waals surface area contributed by atoms with E-state index in [4.69, 9.17) is 15.0 Å². The van der Waals surface area contributed by atoms with Crippen LogP contribution in [0.3, 0.4) is 0 Å². The molecule has 7 rings (SSSR count). The summed E-state index contributed by atoms with van der Waals surface area (Å²) in [7, 11) is 0. The maximum absolute atomic E-state index is 4.97. The lowest BCUT2D eigenvalue weighted by Crippen LogP contribution is -2.50. The Labute approximate surface area is 235 Å². The molecule has 0 saturated carbocycles. The maximum atomic E-state index is 4.97. The molecule has 0 amide bonds. The van der Waals surface area contributed by atoms with Crippen molar-refractivity contribution in [2.24, 2.45) is 4.99 Å². The summed E-state index contributed by atoms with van der Waals surface area (Å²) in [5.74, 6) is 0.195. The molecular formula is C34H34N6. The van der Waals surface area contributed by atoms with Crippen molar-refractivity contribution in [1.82, 2.24) is 24.8 Å². The molecule has 2 aliphatic rings. The van der Waals surface area contributed by atoms with Gasteiger partial charge in [-0.3, -0.25) is 24.8 Å². The van der Waals surface area contributed by atoms with Crippen molar-refractivity contribution < 1.29 is 0 Å². The zero-order chi connectivity index (χ0) is 27.1. The van der Waals surface area contributed by atoms with E-state index in [1.807, 2.05) is 24.5 Å². The number of fused-ring (bicyclic) bond motifs is 2. The molecule has 200 valence electrons. The molecule has 0 aliphatic carbocycles. The second kappa shape index (κ2) is 10.5. The molecule has 1 saturated heterocycles. The van der Waals surface area contributed by atoms with E-state index >= 15 is 0 Å². The lowest BCUT2D eigenvalue weighted by molar-refractivity contribution is 0.0731. The topological polar surface area (TPSA) is 60.4 Å². The third-order valence-corrected chi connectivity index (χ3v) is 8.62. The summed E-state index contributed by atoms with van der Waals surface area (Å²) in [4.78, 5) is 23.6. The molecule has 0 radical (unpaired) electrons. The van der Waals surface area contributed by atoms with Gasteiger partial charge in [-0.15, -0.1) is 0 Å². The predicted octanol–water partition coefficient (Wildman–Crippen LogP) is 6.60. The van der Waals surface area contributed by atoms with Gasteiger partial charge in [-0.05, 0) is 55.8 Å². The first kappa shape index (κ1) is 24.9. The number of pyridine rings is 2. The Bertz CT molecular complexity index is 1650. The largest absolute Gasteiger partial charge is 0.358 e. The van der Waals surface area contributed by atoms with Gasteiger partial charge < -0.3 is 4.98 Å². The zero-order valence-corrected chi connectivity index (χ0v) is 23.0. The number of hydrogen-bond donors (Lipinski definition) is 1. The Morgan fingerprint density at radius 1 is 0.725 bits per heavy atom. The Hall–Kier alpha value is -4.13. The monoisotopic (exact) mass is 526 g/mol. The molecule has 6 nitrogen and oxygen atoms in total. The maximum Gasteiger partial charge on any atom is 0.0800 e. The van der Waals surface area contributed by atoms with Gasteiger partial charge in [0.25, 0.3) is 0 Å². The number of nitrogens with one attached hydrogen (secondary N) is 1. The average Bonchev–Trinajstić information content (AvgIpc) is 3.51. The first-order chi connectivity index (χ1) is 19.7. The van der Waals surface area contributed by atoms with Crippen LogP contribution in [0.5, 0.6) is 0 Å². The number of hydrogen-bond acceptors (Lipinski definition) is 5. The number of aromatic nitrogens is 3. The highest BCUT2D eigenvalue weighted by atomic mass is 15.3. The van der Waals surface area contributed by atoms with Crippen LogP contribution in [0.1, 0.15) is 53.1 Å². The zero-order valence-electron chi connectivity index (χ0n) is 23.0. The summed E-state index contributed by atoms with van der Waals surface area (Å²) in [6.45, 7) is 8.13. The number of piperazine rings is 1. The minimum atomic E-state index is 0.0864. The van der Waals surface area contributed by atoms with E-state index in [-0.39, 0.29) is 18.0 Å². The smallest absolute Gasteiger partial charge is 0.0800 e. The Morgan fingerprint density at radius 2 is 1.38 bits per heavy atom. The van der Waals surface area contributed by atoms with E-state index in [0.717, 1.165) is 43.3 Å². The highest BCUT2D eigenvalue weighted by molar-refractivity contribution is 5.97. The van der Waals surface area contributed by atoms with Gasteiger partial charge in [-0.1, -0.05) is 48.5 Å². The van der Waals surface area contributed by atoms with Gasteiger partial charge in [0.2, 0.25) is 0 Å². The number of benzene rings is 2. The molecule has 6 heteroatoms. The second-order valence-corrected chi connectivity index (χ2v) is 10.9. The number of H-pyrrole nitrogens is 1. The first-order valence-corrected chi connectivity index (χ1v) is 14.2. The predicted molar refractivity (Wildman–Crippen MR) is 161 cm³/mol. The van der Waals surface area contributed by atoms with Crippen LogP contribution in [0.2, 0.25) is 0 Å². The third kappa shape index (κ3) is 4.34. The summed E-state index contributed by atoms with van der Waals surface area (Å²) in [5, 5.41) is 1.28. The molecule has 2 aromatic carbocycles. The molecule has 3 atom stereocenters. The summed E-state index contributed by atoms with van der Waals surface area (Å²) in [5.41, 5.74) is 9.49. The number of aryl methyl sites for hydroxylation is 1. The molecule has 1 N–H and O–H groups in total. The number of aliphatic imine (C=N–C) groups is 1. The van der Waals surface area contributed by atoms with Gasteiger partial charge in [-0.25, -0.2) is 0 Å². The Kier molecular flexibility index (Phi) is 6.50. The molecule has 0 spiro atoms. The van der Waals surface area contributed by atoms with Crippen molar-refractivity contribution in [2.75, 3.05) is 26.2 Å². The molecular weight excluding hydrogens is 492 g/mol. The second-order valence-electron chi connectivity index (χ2n) is 10.9. The number of nitrogens with zero attached hydrogens (tertiary/aromatic N) is 5. The van der Waals surface area contributed by atoms with Crippen LogP contribution in [0.25, 0.3) is 10.9 Å². The highest BCUT2D eigenvalue weighted by Crippen LogP contribution is 2.45. The third-order valence-electron chi connectivity index (χ3n) is 8.62. The number of para-hydroxylation sites is 2. The van der Waals surface area contributed by atoms with Crippen LogP contribution in [0, 0.1) is 6.92 Å². The summed E-state index contributed by atoms with van der Waals surface area (Å²) < 4.78 is 0. The lowest BCUT2D eigenvalue weighted by Gasteiger charge is -2.44. The van der Waals surface area contributed by atoms with Crippen LogP contribution < -0.4 is 0 Å². The molecule has 0 bridgehead atoms. The fourth-order valence-corrected chi connectivity index (χ4v) is 6.83. The van der Waals surface area contributed by atoms with E-state index < -0.39 is 0 Å². The highest BCUT2D eigenvalue weighted by Gasteiger charge is 2.39. The molecule has 2 aliphatic heterocycles. The van der Waals surface area contributed by atoms with Crippen molar-refractivity contribution in [1.29, 1.82) is 0 Å². The number of aromatic amines is 1. The molecule has 5 heterocycles. The SMILES string of the molecule is CC1=Nc2ccccc2[C@H]1[C@@H](c1ccccn1)N1CCN([C@@H](c2ccccn2)c2c(C)[nH]c3ccccc23)CC1. The summed E-state index contributed by atoms with van der Waals surface area (Å²) in [6.07, 6.45) is 3.84. The van der Waals surface area contributed by atoms with E-state index in [2.05, 4.69) is 101 Å². The number of rotatable bonds is 6. The van der Waals surface area contributed by atoms with Crippen molar-refractivity contribution in [2.45, 2.75) is 31.8 Å². The fraction of sp³-hybridized carbons (Fsp3) is 0.265. The molecule has 1 fully saturated rings. The quantitative estimate of drug-likeness (QED) is 0.271. The Balaban J connectivity index is 1.23. The minimum Gasteiger partial charge on any atom is -0.358 e. The van der Waals surface area contributed by atoms with Crippen molar-refractivity contribution in [3.05, 3.63) is 126 Å². The van der Waals surface area contributed by atoms with Gasteiger partial charge >= 0.3 is 0 Å². The normalized spacial score (nSPS) is 19.4. The van der Waals surface area contributed by atoms with Crippen LogP contribution in [0.15, 0.2) is 102 Å². The van der Waals surface area contributed by atoms with Crippen molar-refractivity contribution >= 4 is 22.3 Å². The van der Waals surface area contributed by atoms with Crippen LogP contribution in [-0.2, 0) is 0 Å². The molecule has 3 aromatic heterocycles. The van der Waals surface area contributed by atoms with E-state index in [0.29, 0.717) is 0 Å². The van der Waals surface area contributed by atoms with Crippen LogP contribution in [0.4, 0.5) is 5.69 Å². The molecule has 5 aromatic rings. The van der Waals surface area contributed by atoms with E-state index in [9.17, 15) is 0 Å². The van der Waals surface area contributed by atoms with Crippen molar-refractivity contribution in [3.8, 4) is 0 Å². The van der Waals surface area contributed by atoms with Gasteiger partial charge in [0.05, 0.1) is 29.2 Å². The van der Waals surface area contributed by atoms with E-state index in [1.54, 1.807) is 0 Å². The van der Waals surface area contributed by atoms with Gasteiger partial charge in [0.1, 0.15) is 0 Å². The molecule has 40 heavy (non-hydrogen) atoms. The summed E-state index contributed by atoms with van der Waals surface area (Å²) in [6, 6.07) is 30.0. The van der Waals surface area contributed by atoms with Crippen molar-refractivity contribution in [3.63, 3.8) is 0 Å². The van der Waals surface area contributed by atoms with Gasteiger partial charge in [-0.2, -0.15) is 0 Å². The van der Waals surface area contributed by atoms with Crippen LogP contribution >= 0.6 is 0 Å². The van der Waals surface area contributed by atoms with Gasteiger partial charge in [0, 0.05) is 72.4 Å². The van der Waals surface area contributed by atoms with Gasteiger partial charge in [0.15, 0.2) is 0 Å². The summed E-state index contributed by atoms with van der Waals surface area (Å²) >= 11 is 0. The first-order valence-electron chi connectivity index (χ1n) is 14.2. The average molecular weight is 527 g/mol. The fourth-order valence-electron chi connectivity index (χ4n) is 6.83. The van der Waals surface area contributed by atoms with E-state index in [1.165, 1.54) is 33.4 Å². The Morgan fingerprint density at radius 3 is 2.12 bits per heavy atom. The van der Waals surface area contributed by atoms with Crippen LogP contribution in [-0.4, -0.2) is 56.6 Å². The lowest BCUT2D eigenvalue weighted by atomic mass is 9.85.